The van der Waals surface area contributed by atoms with E-state index in [1.165, 1.54) is 6.07 Å². The fourth-order valence-electron chi connectivity index (χ4n) is 2.54. The van der Waals surface area contributed by atoms with Gasteiger partial charge in [0.05, 0.1) is 11.3 Å². The second-order valence-electron chi connectivity index (χ2n) is 5.91. The monoisotopic (exact) mass is 398 g/mol. The summed E-state index contributed by atoms with van der Waals surface area (Å²) in [7, 11) is 0. The van der Waals surface area contributed by atoms with Gasteiger partial charge in [-0.05, 0) is 30.3 Å². The summed E-state index contributed by atoms with van der Waals surface area (Å²) in [6, 6.07) is 19.2. The van der Waals surface area contributed by atoms with Crippen LogP contribution in [0.2, 0.25) is 0 Å². The Balaban J connectivity index is 1.48. The molecule has 0 fully saturated rings. The van der Waals surface area contributed by atoms with Crippen molar-refractivity contribution in [2.45, 2.75) is 6.18 Å². The Morgan fingerprint density at radius 1 is 0.821 bits per heavy atom. The number of rotatable bonds is 4. The number of alkyl halides is 3. The summed E-state index contributed by atoms with van der Waals surface area (Å²) >= 11 is 1.54. The van der Waals surface area contributed by atoms with Gasteiger partial charge in [0.25, 0.3) is 0 Å². The summed E-state index contributed by atoms with van der Waals surface area (Å²) in [5.41, 5.74) is 2.08. The first-order chi connectivity index (χ1) is 13.5. The summed E-state index contributed by atoms with van der Waals surface area (Å²) < 4.78 is 43.2. The Morgan fingerprint density at radius 2 is 1.57 bits per heavy atom. The van der Waals surface area contributed by atoms with Gasteiger partial charge in [-0.25, -0.2) is 9.97 Å². The normalized spacial score (nSPS) is 11.4. The Kier molecular flexibility index (Phi) is 4.83. The zero-order valence-electron chi connectivity index (χ0n) is 14.4. The molecule has 0 bridgehead atoms. The van der Waals surface area contributed by atoms with E-state index in [1.807, 2.05) is 47.8 Å². The molecule has 0 atom stereocenters. The van der Waals surface area contributed by atoms with Crippen LogP contribution in [0, 0.1) is 0 Å². The molecule has 2 heterocycles. The Hall–Kier alpha value is -3.19. The molecule has 140 valence electrons. The summed E-state index contributed by atoms with van der Waals surface area (Å²) in [6.45, 7) is 0. The van der Waals surface area contributed by atoms with Crippen molar-refractivity contribution < 1.29 is 17.9 Å². The smallest absolute Gasteiger partial charge is 0.417 e. The summed E-state index contributed by atoms with van der Waals surface area (Å²) in [6.07, 6.45) is -3.66. The van der Waals surface area contributed by atoms with Crippen molar-refractivity contribution in [3.8, 4) is 33.5 Å². The SMILES string of the molecule is FC(F)(F)c1ccc(Oc2ccc(-c3nc(-c4ccccc4)cs3)cc2)nc1. The number of thiazole rings is 1. The quantitative estimate of drug-likeness (QED) is 0.384. The van der Waals surface area contributed by atoms with Gasteiger partial charge in [-0.15, -0.1) is 11.3 Å². The molecule has 2 aromatic carbocycles. The molecule has 0 radical (unpaired) electrons. The van der Waals surface area contributed by atoms with Crippen molar-refractivity contribution in [2.75, 3.05) is 0 Å². The molecule has 0 aliphatic carbocycles. The van der Waals surface area contributed by atoms with Crippen LogP contribution in [0.4, 0.5) is 13.2 Å². The predicted octanol–water partition coefficient (Wildman–Crippen LogP) is 6.68. The topological polar surface area (TPSA) is 35.0 Å². The van der Waals surface area contributed by atoms with E-state index in [-0.39, 0.29) is 5.88 Å². The van der Waals surface area contributed by atoms with Crippen molar-refractivity contribution in [2.24, 2.45) is 0 Å². The first-order valence-electron chi connectivity index (χ1n) is 8.31. The number of nitrogens with zero attached hydrogens (tertiary/aromatic N) is 2. The highest BCUT2D eigenvalue weighted by Gasteiger charge is 2.30. The van der Waals surface area contributed by atoms with Crippen LogP contribution in [0.15, 0.2) is 78.3 Å². The highest BCUT2D eigenvalue weighted by atomic mass is 32.1. The van der Waals surface area contributed by atoms with Crippen LogP contribution < -0.4 is 4.74 Å². The second-order valence-corrected chi connectivity index (χ2v) is 6.77. The molecular formula is C21H13F3N2OS. The number of ether oxygens (including phenoxy) is 1. The lowest BCUT2D eigenvalue weighted by Crippen LogP contribution is -2.05. The maximum Gasteiger partial charge on any atom is 0.417 e. The van der Waals surface area contributed by atoms with Gasteiger partial charge < -0.3 is 4.74 Å². The van der Waals surface area contributed by atoms with Gasteiger partial charge in [-0.3, -0.25) is 0 Å². The molecule has 4 rings (SSSR count). The van der Waals surface area contributed by atoms with E-state index in [0.29, 0.717) is 5.75 Å². The molecule has 28 heavy (non-hydrogen) atoms. The third kappa shape index (κ3) is 4.04. The van der Waals surface area contributed by atoms with Crippen molar-refractivity contribution in [1.82, 2.24) is 9.97 Å². The van der Waals surface area contributed by atoms with Crippen molar-refractivity contribution >= 4 is 11.3 Å². The van der Waals surface area contributed by atoms with Gasteiger partial charge >= 0.3 is 6.18 Å². The minimum Gasteiger partial charge on any atom is -0.439 e. The predicted molar refractivity (Wildman–Crippen MR) is 102 cm³/mol. The summed E-state index contributed by atoms with van der Waals surface area (Å²) in [5.74, 6) is 0.581. The van der Waals surface area contributed by atoms with Crippen molar-refractivity contribution in [3.05, 3.63) is 83.9 Å². The van der Waals surface area contributed by atoms with Gasteiger partial charge in [0.1, 0.15) is 10.8 Å². The lowest BCUT2D eigenvalue weighted by atomic mass is 10.2. The molecule has 7 heteroatoms. The standard InChI is InChI=1S/C21H13F3N2OS/c22-21(23,24)16-8-11-19(25-12-16)27-17-9-6-15(7-10-17)20-26-18(13-28-20)14-4-2-1-3-5-14/h1-13H. The van der Waals surface area contributed by atoms with Gasteiger partial charge in [0.15, 0.2) is 0 Å². The van der Waals surface area contributed by atoms with E-state index in [4.69, 9.17) is 4.74 Å². The number of hydrogen-bond donors (Lipinski definition) is 0. The van der Waals surface area contributed by atoms with Crippen LogP contribution in [-0.4, -0.2) is 9.97 Å². The maximum atomic E-state index is 12.6. The van der Waals surface area contributed by atoms with Crippen LogP contribution in [0.25, 0.3) is 21.8 Å². The number of pyridine rings is 1. The van der Waals surface area contributed by atoms with E-state index in [1.54, 1.807) is 23.5 Å². The van der Waals surface area contributed by atoms with E-state index >= 15 is 0 Å². The first kappa shape index (κ1) is 18.2. The second kappa shape index (κ2) is 7.44. The van der Waals surface area contributed by atoms with Gasteiger partial charge in [0, 0.05) is 28.8 Å². The first-order valence-corrected chi connectivity index (χ1v) is 9.19. The minimum atomic E-state index is -4.42. The van der Waals surface area contributed by atoms with Crippen LogP contribution >= 0.6 is 11.3 Å². The van der Waals surface area contributed by atoms with Crippen LogP contribution in [-0.2, 0) is 6.18 Å². The minimum absolute atomic E-state index is 0.0985. The number of halogens is 3. The molecule has 0 spiro atoms. The van der Waals surface area contributed by atoms with Crippen molar-refractivity contribution in [1.29, 1.82) is 0 Å². The number of hydrogen-bond acceptors (Lipinski definition) is 4. The van der Waals surface area contributed by atoms with Crippen LogP contribution in [0.1, 0.15) is 5.56 Å². The molecule has 4 aromatic rings. The highest BCUT2D eigenvalue weighted by molar-refractivity contribution is 7.13. The van der Waals surface area contributed by atoms with Gasteiger partial charge in [-0.1, -0.05) is 30.3 Å². The Labute approximate surface area is 163 Å². The Bertz CT molecular complexity index is 1060. The number of benzene rings is 2. The molecule has 0 aliphatic heterocycles. The van der Waals surface area contributed by atoms with Gasteiger partial charge in [-0.2, -0.15) is 13.2 Å². The van der Waals surface area contributed by atoms with Crippen LogP contribution in [0.5, 0.6) is 11.6 Å². The van der Waals surface area contributed by atoms with E-state index in [0.717, 1.165) is 34.1 Å². The fourth-order valence-corrected chi connectivity index (χ4v) is 3.38. The van der Waals surface area contributed by atoms with Crippen LogP contribution in [0.3, 0.4) is 0 Å². The average Bonchev–Trinajstić information content (AvgIpc) is 3.19. The zero-order chi connectivity index (χ0) is 19.6. The molecule has 0 unspecified atom stereocenters. The van der Waals surface area contributed by atoms with E-state index in [2.05, 4.69) is 9.97 Å². The zero-order valence-corrected chi connectivity index (χ0v) is 15.2. The van der Waals surface area contributed by atoms with Gasteiger partial charge in [0.2, 0.25) is 5.88 Å². The lowest BCUT2D eigenvalue weighted by Gasteiger charge is -2.08. The molecule has 0 saturated heterocycles. The largest absolute Gasteiger partial charge is 0.439 e. The average molecular weight is 398 g/mol. The molecule has 0 saturated carbocycles. The summed E-state index contributed by atoms with van der Waals surface area (Å²) in [5, 5.41) is 2.87. The number of aromatic nitrogens is 2. The third-order valence-electron chi connectivity index (χ3n) is 3.96. The summed E-state index contributed by atoms with van der Waals surface area (Å²) in [4.78, 5) is 8.36. The fraction of sp³-hybridized carbons (Fsp3) is 0.0476. The molecular weight excluding hydrogens is 385 g/mol. The van der Waals surface area contributed by atoms with E-state index < -0.39 is 11.7 Å². The molecule has 3 nitrogen and oxygen atoms in total. The molecule has 0 amide bonds. The lowest BCUT2D eigenvalue weighted by molar-refractivity contribution is -0.137. The van der Waals surface area contributed by atoms with Crippen molar-refractivity contribution in [3.63, 3.8) is 0 Å². The highest BCUT2D eigenvalue weighted by Crippen LogP contribution is 2.32. The Morgan fingerprint density at radius 3 is 2.21 bits per heavy atom. The maximum absolute atomic E-state index is 12.6. The molecule has 2 aromatic heterocycles. The third-order valence-corrected chi connectivity index (χ3v) is 4.85. The van der Waals surface area contributed by atoms with E-state index in [9.17, 15) is 13.2 Å². The molecule has 0 aliphatic rings. The molecule has 0 N–H and O–H groups in total.